The number of amides is 1. The van der Waals surface area contributed by atoms with E-state index in [9.17, 15) is 4.79 Å². The zero-order valence-corrected chi connectivity index (χ0v) is 15.0. The van der Waals surface area contributed by atoms with Gasteiger partial charge < -0.3 is 9.64 Å². The Morgan fingerprint density at radius 2 is 2.08 bits per heavy atom. The molecule has 2 bridgehead atoms. The summed E-state index contributed by atoms with van der Waals surface area (Å²) in [5, 5.41) is 0. The number of methoxy groups -OCH3 is 1. The number of piperidine rings is 1. The van der Waals surface area contributed by atoms with Crippen molar-refractivity contribution < 1.29 is 9.53 Å². The number of rotatable bonds is 4. The molecule has 3 fully saturated rings. The maximum absolute atomic E-state index is 13.1. The highest BCUT2D eigenvalue weighted by atomic mass is 16.5. The molecule has 0 saturated carbocycles. The molecule has 3 aliphatic rings. The second-order valence-electron chi connectivity index (χ2n) is 7.16. The van der Waals surface area contributed by atoms with Crippen molar-refractivity contribution in [3.8, 4) is 5.88 Å². The van der Waals surface area contributed by atoms with Crippen molar-refractivity contribution >= 4 is 5.91 Å². The Morgan fingerprint density at radius 1 is 1.15 bits per heavy atom. The lowest BCUT2D eigenvalue weighted by Gasteiger charge is -2.36. The first-order chi connectivity index (χ1) is 12.7. The first kappa shape index (κ1) is 17.0. The van der Waals surface area contributed by atoms with Crippen molar-refractivity contribution in [2.45, 2.75) is 25.4 Å². The van der Waals surface area contributed by atoms with Gasteiger partial charge in [0.05, 0.1) is 12.8 Å². The second-order valence-corrected chi connectivity index (χ2v) is 7.16. The summed E-state index contributed by atoms with van der Waals surface area (Å²) in [7, 11) is 1.57. The molecule has 136 valence electrons. The molecule has 0 unspecified atom stereocenters. The molecule has 2 aromatic heterocycles. The Bertz CT molecular complexity index is 767. The van der Waals surface area contributed by atoms with Crippen LogP contribution in [-0.4, -0.2) is 58.5 Å². The van der Waals surface area contributed by atoms with Gasteiger partial charge >= 0.3 is 0 Å². The predicted octanol–water partition coefficient (Wildman–Crippen LogP) is 2.22. The van der Waals surface area contributed by atoms with Crippen LogP contribution in [0.1, 0.15) is 28.9 Å². The zero-order valence-electron chi connectivity index (χ0n) is 15.0. The van der Waals surface area contributed by atoms with Crippen molar-refractivity contribution in [2.24, 2.45) is 5.92 Å². The summed E-state index contributed by atoms with van der Waals surface area (Å²) >= 11 is 0. The van der Waals surface area contributed by atoms with Gasteiger partial charge in [-0.1, -0.05) is 6.07 Å². The fourth-order valence-corrected chi connectivity index (χ4v) is 4.10. The second kappa shape index (κ2) is 7.41. The number of pyridine rings is 2. The van der Waals surface area contributed by atoms with E-state index < -0.39 is 0 Å². The number of aromatic nitrogens is 2. The number of hydrogen-bond donors (Lipinski definition) is 0. The summed E-state index contributed by atoms with van der Waals surface area (Å²) in [5.41, 5.74) is 1.74. The molecule has 6 nitrogen and oxygen atoms in total. The lowest BCUT2D eigenvalue weighted by Crippen LogP contribution is -2.47. The quantitative estimate of drug-likeness (QED) is 0.844. The zero-order chi connectivity index (χ0) is 17.9. The van der Waals surface area contributed by atoms with Crippen molar-refractivity contribution in [1.29, 1.82) is 0 Å². The molecule has 5 heterocycles. The largest absolute Gasteiger partial charge is 0.481 e. The Morgan fingerprint density at radius 3 is 2.88 bits per heavy atom. The van der Waals surface area contributed by atoms with E-state index in [-0.39, 0.29) is 11.9 Å². The smallest absolute Gasteiger partial charge is 0.254 e. The van der Waals surface area contributed by atoms with Gasteiger partial charge in [0.25, 0.3) is 5.91 Å². The van der Waals surface area contributed by atoms with Crippen molar-refractivity contribution in [2.75, 3.05) is 26.7 Å². The standard InChI is InChI=1S/C20H24N4O2/c1-26-19-10-16(7-9-22-19)20(25)24-12-15-5-6-18(24)14-23(11-15)13-17-4-2-3-8-21-17/h2-4,7-10,15,18H,5-6,11-14H2,1H3/t15-,18+/m0/s1. The molecule has 0 radical (unpaired) electrons. The van der Waals surface area contributed by atoms with Crippen LogP contribution in [0, 0.1) is 5.92 Å². The van der Waals surface area contributed by atoms with E-state index in [1.165, 1.54) is 6.42 Å². The van der Waals surface area contributed by atoms with Crippen LogP contribution >= 0.6 is 0 Å². The van der Waals surface area contributed by atoms with Gasteiger partial charge in [-0.25, -0.2) is 4.98 Å². The minimum atomic E-state index is 0.0834. The topological polar surface area (TPSA) is 58.6 Å². The third-order valence-electron chi connectivity index (χ3n) is 5.35. The average molecular weight is 352 g/mol. The molecule has 0 aromatic carbocycles. The molecule has 3 saturated heterocycles. The Kier molecular flexibility index (Phi) is 4.84. The monoisotopic (exact) mass is 352 g/mol. The normalized spacial score (nSPS) is 22.9. The number of carbonyl (C=O) groups excluding carboxylic acids is 1. The fourth-order valence-electron chi connectivity index (χ4n) is 4.10. The van der Waals surface area contributed by atoms with Crippen LogP contribution in [-0.2, 0) is 6.54 Å². The van der Waals surface area contributed by atoms with E-state index in [0.717, 1.165) is 38.3 Å². The Hall–Kier alpha value is -2.47. The van der Waals surface area contributed by atoms with E-state index >= 15 is 0 Å². The first-order valence-corrected chi connectivity index (χ1v) is 9.16. The minimum Gasteiger partial charge on any atom is -0.481 e. The van der Waals surface area contributed by atoms with Gasteiger partial charge in [0.2, 0.25) is 5.88 Å². The van der Waals surface area contributed by atoms with E-state index in [2.05, 4.69) is 25.8 Å². The third-order valence-corrected chi connectivity index (χ3v) is 5.35. The van der Waals surface area contributed by atoms with Crippen molar-refractivity contribution in [3.05, 3.63) is 54.0 Å². The molecule has 26 heavy (non-hydrogen) atoms. The molecular weight excluding hydrogens is 328 g/mol. The molecule has 2 atom stereocenters. The maximum atomic E-state index is 13.1. The van der Waals surface area contributed by atoms with Gasteiger partial charge in [-0.15, -0.1) is 0 Å². The Labute approximate surface area is 153 Å². The van der Waals surface area contributed by atoms with Gasteiger partial charge in [-0.05, 0) is 37.0 Å². The highest BCUT2D eigenvalue weighted by molar-refractivity contribution is 5.94. The molecule has 3 aliphatic heterocycles. The van der Waals surface area contributed by atoms with E-state index in [0.29, 0.717) is 17.4 Å². The summed E-state index contributed by atoms with van der Waals surface area (Å²) in [6.45, 7) is 3.60. The van der Waals surface area contributed by atoms with Crippen molar-refractivity contribution in [3.63, 3.8) is 0 Å². The molecule has 6 heteroatoms. The summed E-state index contributed by atoms with van der Waals surface area (Å²) < 4.78 is 5.17. The summed E-state index contributed by atoms with van der Waals surface area (Å²) in [6.07, 6.45) is 5.73. The molecule has 0 N–H and O–H groups in total. The third kappa shape index (κ3) is 3.55. The lowest BCUT2D eigenvalue weighted by molar-refractivity contribution is 0.0584. The number of ether oxygens (including phenoxy) is 1. The fraction of sp³-hybridized carbons (Fsp3) is 0.450. The molecular formula is C20H24N4O2. The molecule has 2 aromatic rings. The average Bonchev–Trinajstić information content (AvgIpc) is 2.99. The van der Waals surface area contributed by atoms with Gasteiger partial charge in [0.1, 0.15) is 0 Å². The van der Waals surface area contributed by atoms with Gasteiger partial charge in [0.15, 0.2) is 0 Å². The molecule has 5 rings (SSSR count). The van der Waals surface area contributed by atoms with Crippen LogP contribution in [0.4, 0.5) is 0 Å². The van der Waals surface area contributed by atoms with Gasteiger partial charge in [-0.2, -0.15) is 0 Å². The van der Waals surface area contributed by atoms with E-state index in [1.54, 1.807) is 25.4 Å². The number of hydrogen-bond acceptors (Lipinski definition) is 5. The van der Waals surface area contributed by atoms with Crippen LogP contribution in [0.25, 0.3) is 0 Å². The van der Waals surface area contributed by atoms with Crippen LogP contribution in [0.5, 0.6) is 5.88 Å². The Balaban J connectivity index is 1.50. The highest BCUT2D eigenvalue weighted by Crippen LogP contribution is 2.30. The predicted molar refractivity (Wildman–Crippen MR) is 97.9 cm³/mol. The van der Waals surface area contributed by atoms with E-state index in [4.69, 9.17) is 4.74 Å². The van der Waals surface area contributed by atoms with Crippen LogP contribution in [0.15, 0.2) is 42.7 Å². The SMILES string of the molecule is COc1cc(C(=O)N2C[C@H]3CC[C@@H]2CN(Cc2ccccn2)C3)ccn1. The molecule has 0 aliphatic carbocycles. The van der Waals surface area contributed by atoms with Crippen LogP contribution in [0.3, 0.4) is 0 Å². The number of fused-ring (bicyclic) bond motifs is 4. The van der Waals surface area contributed by atoms with Crippen molar-refractivity contribution in [1.82, 2.24) is 19.8 Å². The van der Waals surface area contributed by atoms with Gasteiger partial charge in [-0.3, -0.25) is 14.7 Å². The van der Waals surface area contributed by atoms with E-state index in [1.807, 2.05) is 18.3 Å². The highest BCUT2D eigenvalue weighted by Gasteiger charge is 2.37. The first-order valence-electron chi connectivity index (χ1n) is 9.16. The molecule has 1 amide bonds. The van der Waals surface area contributed by atoms with Crippen LogP contribution < -0.4 is 4.74 Å². The number of carbonyl (C=O) groups is 1. The summed E-state index contributed by atoms with van der Waals surface area (Å²) in [5.74, 6) is 1.08. The summed E-state index contributed by atoms with van der Waals surface area (Å²) in [6, 6.07) is 9.80. The van der Waals surface area contributed by atoms with Gasteiger partial charge in [0, 0.05) is 56.2 Å². The summed E-state index contributed by atoms with van der Waals surface area (Å²) in [4.78, 5) is 26.1. The lowest BCUT2D eigenvalue weighted by atomic mass is 9.94. The molecule has 0 spiro atoms. The number of nitrogens with zero attached hydrogens (tertiary/aromatic N) is 4. The maximum Gasteiger partial charge on any atom is 0.254 e. The van der Waals surface area contributed by atoms with Crippen LogP contribution in [0.2, 0.25) is 0 Å². The minimum absolute atomic E-state index is 0.0834.